The van der Waals surface area contributed by atoms with E-state index in [2.05, 4.69) is 10.6 Å². The monoisotopic (exact) mass is 393 g/mol. The first-order valence-corrected chi connectivity index (χ1v) is 8.70. The van der Waals surface area contributed by atoms with Crippen molar-refractivity contribution in [1.29, 1.82) is 5.26 Å². The fourth-order valence-corrected chi connectivity index (χ4v) is 2.40. The molecule has 2 amide bonds. The first kappa shape index (κ1) is 21.3. The van der Waals surface area contributed by atoms with Crippen molar-refractivity contribution < 1.29 is 23.9 Å². The smallest absolute Gasteiger partial charge is 0.338 e. The zero-order chi connectivity index (χ0) is 21.4. The Kier molecular flexibility index (Phi) is 7.20. The van der Waals surface area contributed by atoms with E-state index in [-0.39, 0.29) is 23.7 Å². The van der Waals surface area contributed by atoms with Gasteiger partial charge in [0.25, 0.3) is 0 Å². The summed E-state index contributed by atoms with van der Waals surface area (Å²) < 4.78 is 5.22. The standard InChI is InChI=1S/C21H19N3O5/c1-13(20(27)15-3-7-17(8-4-15)23-14(2)25)29-21(28)16-5-9-18(10-6-16)24-19(26)11-12-22/h3-10,13H,11H2,1-2H3,(H,23,25)(H,24,26)/t13-/m1/s1. The van der Waals surface area contributed by atoms with Crippen molar-refractivity contribution in [3.63, 3.8) is 0 Å². The third-order valence-electron chi connectivity index (χ3n) is 3.79. The Bertz CT molecular complexity index is 959. The van der Waals surface area contributed by atoms with Crippen molar-refractivity contribution in [2.45, 2.75) is 26.4 Å². The van der Waals surface area contributed by atoms with Crippen LogP contribution < -0.4 is 10.6 Å². The molecule has 0 aliphatic heterocycles. The second kappa shape index (κ2) is 9.80. The number of hydrogen-bond acceptors (Lipinski definition) is 6. The molecule has 8 nitrogen and oxygen atoms in total. The van der Waals surface area contributed by atoms with Crippen molar-refractivity contribution in [2.24, 2.45) is 0 Å². The summed E-state index contributed by atoms with van der Waals surface area (Å²) in [5.74, 6) is -1.74. The van der Waals surface area contributed by atoms with E-state index in [9.17, 15) is 19.2 Å². The van der Waals surface area contributed by atoms with E-state index in [1.165, 1.54) is 50.2 Å². The van der Waals surface area contributed by atoms with Gasteiger partial charge in [-0.2, -0.15) is 5.26 Å². The number of hydrogen-bond donors (Lipinski definition) is 2. The maximum Gasteiger partial charge on any atom is 0.338 e. The first-order chi connectivity index (χ1) is 13.8. The second-order valence-electron chi connectivity index (χ2n) is 6.13. The van der Waals surface area contributed by atoms with Crippen LogP contribution in [0.1, 0.15) is 41.0 Å². The molecule has 0 aliphatic rings. The quantitative estimate of drug-likeness (QED) is 0.550. The Morgan fingerprint density at radius 1 is 0.931 bits per heavy atom. The minimum atomic E-state index is -1.01. The maximum absolute atomic E-state index is 12.4. The third-order valence-corrected chi connectivity index (χ3v) is 3.79. The highest BCUT2D eigenvalue weighted by Gasteiger charge is 2.20. The molecule has 0 spiro atoms. The van der Waals surface area contributed by atoms with Crippen molar-refractivity contribution in [3.05, 3.63) is 59.7 Å². The summed E-state index contributed by atoms with van der Waals surface area (Å²) >= 11 is 0. The average molecular weight is 393 g/mol. The predicted octanol–water partition coefficient (Wildman–Crippen LogP) is 2.93. The number of nitrogens with zero attached hydrogens (tertiary/aromatic N) is 1. The number of amides is 2. The molecule has 29 heavy (non-hydrogen) atoms. The van der Waals surface area contributed by atoms with Gasteiger partial charge in [-0.25, -0.2) is 4.79 Å². The number of esters is 1. The highest BCUT2D eigenvalue weighted by molar-refractivity contribution is 6.02. The summed E-state index contributed by atoms with van der Waals surface area (Å²) in [7, 11) is 0. The Morgan fingerprint density at radius 2 is 1.45 bits per heavy atom. The Hall–Kier alpha value is -3.99. The molecule has 1 atom stereocenters. The summed E-state index contributed by atoms with van der Waals surface area (Å²) in [6, 6.07) is 13.9. The van der Waals surface area contributed by atoms with Crippen LogP contribution in [-0.4, -0.2) is 29.7 Å². The lowest BCUT2D eigenvalue weighted by molar-refractivity contribution is -0.115. The van der Waals surface area contributed by atoms with Gasteiger partial charge in [0.15, 0.2) is 6.10 Å². The molecule has 0 fully saturated rings. The SMILES string of the molecule is CC(=O)Nc1ccc(C(=O)[C@@H](C)OC(=O)c2ccc(NC(=O)CC#N)cc2)cc1. The molecule has 0 heterocycles. The maximum atomic E-state index is 12.4. The zero-order valence-electron chi connectivity index (χ0n) is 15.9. The van der Waals surface area contributed by atoms with Crippen LogP contribution in [0.2, 0.25) is 0 Å². The number of ether oxygens (including phenoxy) is 1. The molecule has 0 bridgehead atoms. The molecule has 2 aromatic rings. The van der Waals surface area contributed by atoms with Crippen molar-refractivity contribution >= 4 is 34.9 Å². The Labute approximate surface area is 167 Å². The number of ketones is 1. The van der Waals surface area contributed by atoms with Gasteiger partial charge in [-0.3, -0.25) is 14.4 Å². The minimum absolute atomic E-state index is 0.212. The van der Waals surface area contributed by atoms with Crippen LogP contribution in [0.25, 0.3) is 0 Å². The van der Waals surface area contributed by atoms with Gasteiger partial charge in [-0.1, -0.05) is 0 Å². The van der Waals surface area contributed by atoms with Gasteiger partial charge < -0.3 is 15.4 Å². The van der Waals surface area contributed by atoms with Crippen LogP contribution >= 0.6 is 0 Å². The van der Waals surface area contributed by atoms with Gasteiger partial charge >= 0.3 is 5.97 Å². The van der Waals surface area contributed by atoms with E-state index >= 15 is 0 Å². The normalized spacial score (nSPS) is 10.9. The summed E-state index contributed by atoms with van der Waals surface area (Å²) in [5.41, 5.74) is 1.55. The number of nitrogens with one attached hydrogen (secondary N) is 2. The number of Topliss-reactive ketones (excluding diaryl/α,β-unsaturated/α-hetero) is 1. The van der Waals surface area contributed by atoms with Crippen LogP contribution in [0.3, 0.4) is 0 Å². The highest BCUT2D eigenvalue weighted by atomic mass is 16.5. The van der Waals surface area contributed by atoms with E-state index < -0.39 is 18.0 Å². The molecule has 8 heteroatoms. The van der Waals surface area contributed by atoms with Crippen LogP contribution in [0.5, 0.6) is 0 Å². The third kappa shape index (κ3) is 6.29. The molecule has 148 valence electrons. The lowest BCUT2D eigenvalue weighted by atomic mass is 10.1. The molecule has 2 N–H and O–H groups in total. The number of carbonyl (C=O) groups is 4. The number of rotatable bonds is 7. The van der Waals surface area contributed by atoms with Crippen LogP contribution in [0.4, 0.5) is 11.4 Å². The van der Waals surface area contributed by atoms with E-state index in [0.29, 0.717) is 16.9 Å². The van der Waals surface area contributed by atoms with Crippen molar-refractivity contribution in [3.8, 4) is 6.07 Å². The number of benzene rings is 2. The number of nitriles is 1. The molecule has 0 saturated carbocycles. The molecule has 2 rings (SSSR count). The van der Waals surface area contributed by atoms with E-state index in [1.807, 2.05) is 0 Å². The molecule has 2 aromatic carbocycles. The van der Waals surface area contributed by atoms with Gasteiger partial charge in [0.2, 0.25) is 17.6 Å². The topological polar surface area (TPSA) is 125 Å². The van der Waals surface area contributed by atoms with Gasteiger partial charge in [-0.05, 0) is 55.5 Å². The van der Waals surface area contributed by atoms with E-state index in [4.69, 9.17) is 10.00 Å². The molecule has 0 saturated heterocycles. The van der Waals surface area contributed by atoms with Crippen LogP contribution in [0.15, 0.2) is 48.5 Å². The number of anilines is 2. The fraction of sp³-hybridized carbons (Fsp3) is 0.190. The van der Waals surface area contributed by atoms with Crippen molar-refractivity contribution in [1.82, 2.24) is 0 Å². The molecule has 0 aliphatic carbocycles. The van der Waals surface area contributed by atoms with E-state index in [1.54, 1.807) is 18.2 Å². The summed E-state index contributed by atoms with van der Waals surface area (Å²) in [5, 5.41) is 13.6. The van der Waals surface area contributed by atoms with Crippen LogP contribution in [0, 0.1) is 11.3 Å². The summed E-state index contributed by atoms with van der Waals surface area (Å²) in [6.45, 7) is 2.85. The molecule has 0 aromatic heterocycles. The second-order valence-corrected chi connectivity index (χ2v) is 6.13. The zero-order valence-corrected chi connectivity index (χ0v) is 15.9. The van der Waals surface area contributed by atoms with Crippen LogP contribution in [-0.2, 0) is 14.3 Å². The molecular formula is C21H19N3O5. The molecule has 0 radical (unpaired) electrons. The molecular weight excluding hydrogens is 374 g/mol. The average Bonchev–Trinajstić information content (AvgIpc) is 2.68. The number of carbonyl (C=O) groups excluding carboxylic acids is 4. The highest BCUT2D eigenvalue weighted by Crippen LogP contribution is 2.15. The van der Waals surface area contributed by atoms with Gasteiger partial charge in [0, 0.05) is 23.9 Å². The lowest BCUT2D eigenvalue weighted by Gasteiger charge is -2.13. The first-order valence-electron chi connectivity index (χ1n) is 8.70. The largest absolute Gasteiger partial charge is 0.451 e. The Balaban J connectivity index is 1.97. The lowest BCUT2D eigenvalue weighted by Crippen LogP contribution is -2.24. The molecule has 0 unspecified atom stereocenters. The van der Waals surface area contributed by atoms with Gasteiger partial charge in [-0.15, -0.1) is 0 Å². The van der Waals surface area contributed by atoms with Crippen molar-refractivity contribution in [2.75, 3.05) is 10.6 Å². The van der Waals surface area contributed by atoms with Gasteiger partial charge in [0.05, 0.1) is 11.6 Å². The summed E-state index contributed by atoms with van der Waals surface area (Å²) in [4.78, 5) is 47.1. The Morgan fingerprint density at radius 3 is 1.97 bits per heavy atom. The minimum Gasteiger partial charge on any atom is -0.451 e. The fourth-order valence-electron chi connectivity index (χ4n) is 2.40. The summed E-state index contributed by atoms with van der Waals surface area (Å²) in [6.07, 6.45) is -1.28. The predicted molar refractivity (Wildman–Crippen MR) is 105 cm³/mol. The van der Waals surface area contributed by atoms with Gasteiger partial charge in [0.1, 0.15) is 6.42 Å². The van der Waals surface area contributed by atoms with E-state index in [0.717, 1.165) is 0 Å².